The Morgan fingerprint density at radius 2 is 1.00 bits per heavy atom. The highest BCUT2D eigenvalue weighted by Gasteiger charge is 2.32. The van der Waals surface area contributed by atoms with Crippen LogP contribution in [0.4, 0.5) is 0 Å². The van der Waals surface area contributed by atoms with Crippen molar-refractivity contribution in [1.82, 2.24) is 4.90 Å². The van der Waals surface area contributed by atoms with E-state index in [0.29, 0.717) is 38.5 Å². The summed E-state index contributed by atoms with van der Waals surface area (Å²) in [4.78, 5) is 40.0. The first-order valence-electron chi connectivity index (χ1n) is 23.7. The summed E-state index contributed by atoms with van der Waals surface area (Å²) >= 11 is 0. The van der Waals surface area contributed by atoms with E-state index in [1.807, 2.05) is 12.2 Å². The van der Waals surface area contributed by atoms with Crippen LogP contribution in [0.25, 0.3) is 0 Å². The van der Waals surface area contributed by atoms with Crippen molar-refractivity contribution >= 4 is 17.9 Å². The normalized spacial score (nSPS) is 12.5. The van der Waals surface area contributed by atoms with Gasteiger partial charge < -0.3 is 19.1 Å². The molecule has 0 radical (unpaired) electrons. The number of esters is 3. The Morgan fingerprint density at radius 3 is 1.46 bits per heavy atom. The summed E-state index contributed by atoms with van der Waals surface area (Å²) in [6.45, 7) is 19.8. The maximum Gasteiger partial charge on any atom is 0.306 e. The third kappa shape index (κ3) is 36.6. The minimum Gasteiger partial charge on any atom is -0.462 e. The van der Waals surface area contributed by atoms with E-state index in [1.165, 1.54) is 51.4 Å². The van der Waals surface area contributed by atoms with Crippen molar-refractivity contribution in [1.29, 1.82) is 0 Å². The van der Waals surface area contributed by atoms with Crippen LogP contribution in [0, 0.1) is 10.8 Å². The number of unbranched alkanes of at least 4 members (excludes halogenated alkanes) is 16. The second kappa shape index (κ2) is 35.8. The van der Waals surface area contributed by atoms with E-state index in [0.717, 1.165) is 109 Å². The molecule has 0 N–H and O–H groups in total. The zero-order valence-electron chi connectivity index (χ0n) is 39.1. The highest BCUT2D eigenvalue weighted by atomic mass is 16.5. The van der Waals surface area contributed by atoms with Crippen LogP contribution in [0.1, 0.15) is 229 Å². The third-order valence-corrected chi connectivity index (χ3v) is 11.2. The highest BCUT2D eigenvalue weighted by molar-refractivity contribution is 5.70. The molecule has 0 amide bonds. The monoisotopic (exact) mass is 804 g/mol. The molecule has 7 nitrogen and oxygen atoms in total. The summed E-state index contributed by atoms with van der Waals surface area (Å²) in [5.41, 5.74) is -0.00605. The van der Waals surface area contributed by atoms with Crippen molar-refractivity contribution in [3.8, 4) is 0 Å². The summed E-state index contributed by atoms with van der Waals surface area (Å²) in [5, 5.41) is 0. The molecule has 7 heteroatoms. The molecule has 0 aromatic rings. The fourth-order valence-electron chi connectivity index (χ4n) is 7.58. The van der Waals surface area contributed by atoms with Crippen LogP contribution in [0.5, 0.6) is 0 Å². The van der Waals surface area contributed by atoms with Gasteiger partial charge in [-0.25, -0.2) is 0 Å². The Labute approximate surface area is 353 Å². The first-order valence-corrected chi connectivity index (χ1v) is 23.7. The standard InChI is InChI=1S/C50H93NO6/c1-10-12-14-16-18-26-32-40-55-46(52)36-30-24-20-22-28-34-45(57-48(54)42-50(7,8)43-49(5,6)38-39-51(9)44(3)4)35-29-23-21-25-31-37-47(53)56-41-33-27-19-17-15-13-11-2/h26-27,32-33,44-45H,10-25,28-31,34-43H2,1-9H3/b32-26-,33-27-. The first-order chi connectivity index (χ1) is 27.2. The maximum atomic E-state index is 13.4. The van der Waals surface area contributed by atoms with Crippen LogP contribution < -0.4 is 0 Å². The van der Waals surface area contributed by atoms with E-state index < -0.39 is 0 Å². The van der Waals surface area contributed by atoms with Gasteiger partial charge in [0.05, 0.1) is 6.42 Å². The summed E-state index contributed by atoms with van der Waals surface area (Å²) < 4.78 is 17.0. The van der Waals surface area contributed by atoms with Crippen LogP contribution >= 0.6 is 0 Å². The van der Waals surface area contributed by atoms with Gasteiger partial charge in [-0.3, -0.25) is 14.4 Å². The number of nitrogens with zero attached hydrogens (tertiary/aromatic N) is 1. The van der Waals surface area contributed by atoms with E-state index in [2.05, 4.69) is 79.5 Å². The summed E-state index contributed by atoms with van der Waals surface area (Å²) in [6.07, 6.45) is 35.5. The van der Waals surface area contributed by atoms with E-state index in [9.17, 15) is 14.4 Å². The average Bonchev–Trinajstić information content (AvgIpc) is 3.14. The Hall–Kier alpha value is -2.15. The van der Waals surface area contributed by atoms with E-state index >= 15 is 0 Å². The molecule has 0 aliphatic carbocycles. The molecule has 0 unspecified atom stereocenters. The zero-order valence-corrected chi connectivity index (χ0v) is 39.1. The van der Waals surface area contributed by atoms with Gasteiger partial charge >= 0.3 is 17.9 Å². The Morgan fingerprint density at radius 1 is 0.561 bits per heavy atom. The number of hydrogen-bond acceptors (Lipinski definition) is 7. The van der Waals surface area contributed by atoms with Gasteiger partial charge in [0.1, 0.15) is 19.3 Å². The second-order valence-electron chi connectivity index (χ2n) is 18.7. The van der Waals surface area contributed by atoms with Crippen molar-refractivity contribution in [3.63, 3.8) is 0 Å². The number of allylic oxidation sites excluding steroid dienone is 2. The molecule has 0 saturated carbocycles. The minimum atomic E-state index is -0.140. The Balaban J connectivity index is 4.70. The van der Waals surface area contributed by atoms with Crippen molar-refractivity contribution in [2.24, 2.45) is 10.8 Å². The molecule has 0 heterocycles. The van der Waals surface area contributed by atoms with Gasteiger partial charge in [-0.05, 0) is 115 Å². The third-order valence-electron chi connectivity index (χ3n) is 11.2. The van der Waals surface area contributed by atoms with E-state index in [-0.39, 0.29) is 34.8 Å². The van der Waals surface area contributed by atoms with Gasteiger partial charge in [0.15, 0.2) is 0 Å². The van der Waals surface area contributed by atoms with Crippen LogP contribution in [-0.4, -0.2) is 61.8 Å². The lowest BCUT2D eigenvalue weighted by Crippen LogP contribution is -2.33. The molecule has 334 valence electrons. The first kappa shape index (κ1) is 54.9. The fourth-order valence-corrected chi connectivity index (χ4v) is 7.58. The molecular weight excluding hydrogens is 711 g/mol. The molecule has 0 aromatic carbocycles. The molecule has 0 aromatic heterocycles. The van der Waals surface area contributed by atoms with Crippen molar-refractivity contribution < 1.29 is 28.6 Å². The van der Waals surface area contributed by atoms with E-state index in [4.69, 9.17) is 14.2 Å². The van der Waals surface area contributed by atoms with Crippen LogP contribution in [-0.2, 0) is 28.6 Å². The largest absolute Gasteiger partial charge is 0.462 e. The number of hydrogen-bond donors (Lipinski definition) is 0. The molecule has 57 heavy (non-hydrogen) atoms. The molecule has 0 bridgehead atoms. The van der Waals surface area contributed by atoms with Gasteiger partial charge in [0.2, 0.25) is 0 Å². The lowest BCUT2D eigenvalue weighted by molar-refractivity contribution is -0.152. The molecule has 0 atom stereocenters. The molecule has 0 aliphatic rings. The molecule has 0 spiro atoms. The summed E-state index contributed by atoms with van der Waals surface area (Å²) in [6, 6.07) is 0.526. The molecule has 0 fully saturated rings. The number of rotatable bonds is 39. The highest BCUT2D eigenvalue weighted by Crippen LogP contribution is 2.39. The van der Waals surface area contributed by atoms with Crippen molar-refractivity contribution in [2.75, 3.05) is 26.8 Å². The topological polar surface area (TPSA) is 82.1 Å². The molecule has 0 aliphatic heterocycles. The molecular formula is C50H93NO6. The Kier molecular flexibility index (Phi) is 34.4. The number of carbonyl (C=O) groups excluding carboxylic acids is 3. The van der Waals surface area contributed by atoms with E-state index in [1.54, 1.807) is 0 Å². The fraction of sp³-hybridized carbons (Fsp3) is 0.860. The predicted molar refractivity (Wildman–Crippen MR) is 241 cm³/mol. The van der Waals surface area contributed by atoms with Crippen LogP contribution in [0.15, 0.2) is 24.3 Å². The van der Waals surface area contributed by atoms with Crippen molar-refractivity contribution in [3.05, 3.63) is 24.3 Å². The van der Waals surface area contributed by atoms with Gasteiger partial charge in [0, 0.05) is 18.9 Å². The summed E-state index contributed by atoms with van der Waals surface area (Å²) in [7, 11) is 2.18. The average molecular weight is 804 g/mol. The predicted octanol–water partition coefficient (Wildman–Crippen LogP) is 14.1. The second-order valence-corrected chi connectivity index (χ2v) is 18.7. The number of carbonyl (C=O) groups is 3. The SMILES string of the molecule is CCCCCC/C=C\COC(=O)CCCCCCCC(CCCCCCCC(=O)OC/C=C\CCCCCC)OC(=O)CC(C)(C)CC(C)(C)CCN(C)C(C)C. The number of ether oxygens (including phenoxy) is 3. The Bertz CT molecular complexity index is 995. The van der Waals surface area contributed by atoms with Crippen LogP contribution in [0.2, 0.25) is 0 Å². The molecule has 0 saturated heterocycles. The van der Waals surface area contributed by atoms with Gasteiger partial charge in [-0.15, -0.1) is 0 Å². The zero-order chi connectivity index (χ0) is 42.6. The smallest absolute Gasteiger partial charge is 0.306 e. The maximum absolute atomic E-state index is 13.4. The lowest BCUT2D eigenvalue weighted by atomic mass is 9.72. The molecule has 0 rings (SSSR count). The van der Waals surface area contributed by atoms with Crippen LogP contribution in [0.3, 0.4) is 0 Å². The quantitative estimate of drug-likeness (QED) is 0.0265. The minimum absolute atomic E-state index is 0.0645. The lowest BCUT2D eigenvalue weighted by Gasteiger charge is -2.36. The van der Waals surface area contributed by atoms with Crippen molar-refractivity contribution in [2.45, 2.75) is 241 Å². The summed E-state index contributed by atoms with van der Waals surface area (Å²) in [5.74, 6) is -0.291. The van der Waals surface area contributed by atoms with Gasteiger partial charge in [-0.1, -0.05) is 143 Å². The van der Waals surface area contributed by atoms with Gasteiger partial charge in [-0.2, -0.15) is 0 Å². The van der Waals surface area contributed by atoms with Gasteiger partial charge in [0.25, 0.3) is 0 Å².